The van der Waals surface area contributed by atoms with E-state index >= 15 is 0 Å². The number of amides is 1. The number of nitriles is 1. The minimum atomic E-state index is -0.888. The van der Waals surface area contributed by atoms with Crippen molar-refractivity contribution in [3.05, 3.63) is 89.4 Å². The van der Waals surface area contributed by atoms with E-state index < -0.39 is 24.5 Å². The molecule has 2 heterocycles. The molecule has 1 aliphatic heterocycles. The quantitative estimate of drug-likeness (QED) is 0.260. The highest BCUT2D eigenvalue weighted by Crippen LogP contribution is 2.33. The maximum atomic E-state index is 13.1. The molecule has 188 valence electrons. The summed E-state index contributed by atoms with van der Waals surface area (Å²) in [6, 6.07) is 19.5. The topological polar surface area (TPSA) is 108 Å². The number of benzene rings is 2. The Morgan fingerprint density at radius 1 is 1.16 bits per heavy atom. The van der Waals surface area contributed by atoms with Crippen LogP contribution in [0.5, 0.6) is 5.75 Å². The van der Waals surface area contributed by atoms with Gasteiger partial charge in [0.25, 0.3) is 5.91 Å². The van der Waals surface area contributed by atoms with E-state index in [1.165, 1.54) is 17.3 Å². The Hall–Kier alpha value is -4.84. The lowest BCUT2D eigenvalue weighted by atomic mass is 10.0. The van der Waals surface area contributed by atoms with Gasteiger partial charge < -0.3 is 18.8 Å². The van der Waals surface area contributed by atoms with Gasteiger partial charge in [0.1, 0.15) is 29.2 Å². The van der Waals surface area contributed by atoms with Gasteiger partial charge in [0.2, 0.25) is 0 Å². The van der Waals surface area contributed by atoms with Crippen LogP contribution in [0.2, 0.25) is 0 Å². The van der Waals surface area contributed by atoms with Gasteiger partial charge in [0.15, 0.2) is 6.61 Å². The van der Waals surface area contributed by atoms with Crippen LogP contribution >= 0.6 is 0 Å². The third kappa shape index (κ3) is 5.87. The maximum Gasteiger partial charge on any atom is 0.349 e. The fraction of sp³-hybridized carbons (Fsp3) is 0.214. The van der Waals surface area contributed by atoms with Gasteiger partial charge in [-0.1, -0.05) is 12.1 Å². The van der Waals surface area contributed by atoms with E-state index in [0.29, 0.717) is 29.2 Å². The van der Waals surface area contributed by atoms with Crippen molar-refractivity contribution in [2.45, 2.75) is 12.5 Å². The summed E-state index contributed by atoms with van der Waals surface area (Å²) in [5, 5.41) is 15.3. The first kappa shape index (κ1) is 25.3. The number of hydrogen-bond donors (Lipinski definition) is 0. The molecule has 1 aliphatic rings. The molecular formula is C28H26N4O5. The molecule has 0 bridgehead atoms. The second-order valence-electron chi connectivity index (χ2n) is 8.48. The highest BCUT2D eigenvalue weighted by molar-refractivity contribution is 6.03. The first-order valence-corrected chi connectivity index (χ1v) is 11.5. The summed E-state index contributed by atoms with van der Waals surface area (Å²) in [5.41, 5.74) is 2.95. The summed E-state index contributed by atoms with van der Waals surface area (Å²) in [5.74, 6) is -0.156. The molecule has 0 spiro atoms. The van der Waals surface area contributed by atoms with Crippen molar-refractivity contribution in [3.8, 4) is 11.8 Å². The summed E-state index contributed by atoms with van der Waals surface area (Å²) in [6.07, 6.45) is 3.37. The number of hydrazone groups is 1. The average molecular weight is 499 g/mol. The highest BCUT2D eigenvalue weighted by atomic mass is 16.5. The Morgan fingerprint density at radius 3 is 2.49 bits per heavy atom. The summed E-state index contributed by atoms with van der Waals surface area (Å²) >= 11 is 0. The Morgan fingerprint density at radius 2 is 1.89 bits per heavy atom. The first-order valence-electron chi connectivity index (χ1n) is 11.5. The number of hydrogen-bond acceptors (Lipinski definition) is 8. The molecule has 0 radical (unpaired) electrons. The van der Waals surface area contributed by atoms with Crippen LogP contribution in [0.3, 0.4) is 0 Å². The lowest BCUT2D eigenvalue weighted by Gasteiger charge is -2.19. The number of rotatable bonds is 8. The van der Waals surface area contributed by atoms with E-state index in [-0.39, 0.29) is 5.57 Å². The number of ether oxygens (including phenoxy) is 2. The molecule has 1 aromatic heterocycles. The SMILES string of the molecule is COc1ccc(C2=NN(C(=O)COC(=O)/C(C#N)=C/c3ccc(N(C)C)cc3)C(c3ccco3)C2)cc1. The van der Waals surface area contributed by atoms with E-state index in [4.69, 9.17) is 13.9 Å². The minimum absolute atomic E-state index is 0.211. The summed E-state index contributed by atoms with van der Waals surface area (Å²) < 4.78 is 15.9. The molecule has 1 unspecified atom stereocenters. The van der Waals surface area contributed by atoms with Crippen LogP contribution < -0.4 is 9.64 Å². The van der Waals surface area contributed by atoms with Crippen molar-refractivity contribution in [3.63, 3.8) is 0 Å². The van der Waals surface area contributed by atoms with E-state index in [1.54, 1.807) is 31.4 Å². The van der Waals surface area contributed by atoms with Crippen molar-refractivity contribution in [2.24, 2.45) is 5.10 Å². The maximum absolute atomic E-state index is 13.1. The molecule has 9 nitrogen and oxygen atoms in total. The number of furan rings is 1. The second kappa shape index (κ2) is 11.3. The Labute approximate surface area is 214 Å². The van der Waals surface area contributed by atoms with Gasteiger partial charge in [-0.3, -0.25) is 4.79 Å². The van der Waals surface area contributed by atoms with Gasteiger partial charge in [-0.25, -0.2) is 9.80 Å². The van der Waals surface area contributed by atoms with E-state index in [2.05, 4.69) is 5.10 Å². The molecule has 0 saturated carbocycles. The van der Waals surface area contributed by atoms with E-state index in [0.717, 1.165) is 11.3 Å². The zero-order chi connectivity index (χ0) is 26.4. The molecule has 0 saturated heterocycles. The summed E-state index contributed by atoms with van der Waals surface area (Å²) in [7, 11) is 5.42. The van der Waals surface area contributed by atoms with Gasteiger partial charge in [-0.2, -0.15) is 10.4 Å². The van der Waals surface area contributed by atoms with Crippen LogP contribution in [0.15, 0.2) is 82.0 Å². The van der Waals surface area contributed by atoms with Crippen molar-refractivity contribution >= 4 is 29.4 Å². The highest BCUT2D eigenvalue weighted by Gasteiger charge is 2.35. The van der Waals surface area contributed by atoms with Crippen LogP contribution in [0, 0.1) is 11.3 Å². The largest absolute Gasteiger partial charge is 0.497 e. The number of esters is 1. The first-order chi connectivity index (χ1) is 17.9. The number of carbonyl (C=O) groups is 2. The predicted octanol–water partition coefficient (Wildman–Crippen LogP) is 4.18. The summed E-state index contributed by atoms with van der Waals surface area (Å²) in [6.45, 7) is -0.575. The molecule has 3 aromatic rings. The van der Waals surface area contributed by atoms with Crippen molar-refractivity contribution in [1.29, 1.82) is 5.26 Å². The lowest BCUT2D eigenvalue weighted by molar-refractivity contribution is -0.149. The van der Waals surface area contributed by atoms with Crippen LogP contribution in [-0.4, -0.2) is 50.4 Å². The van der Waals surface area contributed by atoms with Crippen molar-refractivity contribution < 1.29 is 23.5 Å². The molecule has 0 N–H and O–H groups in total. The number of methoxy groups -OCH3 is 1. The minimum Gasteiger partial charge on any atom is -0.497 e. The van der Waals surface area contributed by atoms with Crippen LogP contribution in [-0.2, 0) is 14.3 Å². The van der Waals surface area contributed by atoms with Crippen molar-refractivity contribution in [2.75, 3.05) is 32.7 Å². The van der Waals surface area contributed by atoms with Crippen LogP contribution in [0.4, 0.5) is 5.69 Å². The lowest BCUT2D eigenvalue weighted by Crippen LogP contribution is -2.31. The number of anilines is 1. The Kier molecular flexibility index (Phi) is 7.69. The van der Waals surface area contributed by atoms with Gasteiger partial charge >= 0.3 is 5.97 Å². The molecule has 4 rings (SSSR count). The molecule has 37 heavy (non-hydrogen) atoms. The zero-order valence-corrected chi connectivity index (χ0v) is 20.7. The average Bonchev–Trinajstić information content (AvgIpc) is 3.61. The number of nitrogens with zero attached hydrogens (tertiary/aromatic N) is 4. The third-order valence-electron chi connectivity index (χ3n) is 5.85. The number of carbonyl (C=O) groups excluding carboxylic acids is 2. The van der Waals surface area contributed by atoms with Gasteiger partial charge in [0.05, 0.1) is 19.1 Å². The molecule has 9 heteroatoms. The third-order valence-corrected chi connectivity index (χ3v) is 5.85. The van der Waals surface area contributed by atoms with Crippen LogP contribution in [0.25, 0.3) is 6.08 Å². The smallest absolute Gasteiger partial charge is 0.349 e. The molecule has 2 aromatic carbocycles. The van der Waals surface area contributed by atoms with E-state index in [1.807, 2.05) is 61.5 Å². The Balaban J connectivity index is 1.47. The van der Waals surface area contributed by atoms with Crippen molar-refractivity contribution in [1.82, 2.24) is 5.01 Å². The molecular weight excluding hydrogens is 472 g/mol. The normalized spacial score (nSPS) is 15.1. The van der Waals surface area contributed by atoms with E-state index in [9.17, 15) is 14.9 Å². The second-order valence-corrected chi connectivity index (χ2v) is 8.48. The van der Waals surface area contributed by atoms with Gasteiger partial charge in [-0.15, -0.1) is 0 Å². The van der Waals surface area contributed by atoms with Gasteiger partial charge in [0, 0.05) is 26.2 Å². The molecule has 0 aliphatic carbocycles. The monoisotopic (exact) mass is 498 g/mol. The fourth-order valence-corrected chi connectivity index (χ4v) is 3.84. The molecule has 0 fully saturated rings. The summed E-state index contributed by atoms with van der Waals surface area (Å²) in [4.78, 5) is 27.6. The molecule has 1 amide bonds. The predicted molar refractivity (Wildman–Crippen MR) is 138 cm³/mol. The zero-order valence-electron chi connectivity index (χ0n) is 20.7. The standard InChI is InChI=1S/C28H26N4O5/c1-31(2)22-10-6-19(7-11-22)15-21(17-29)28(34)37-18-27(33)32-25(26-5-4-14-36-26)16-24(30-32)20-8-12-23(35-3)13-9-20/h4-15,25H,16,18H2,1-3H3/b21-15+. The van der Waals surface area contributed by atoms with Gasteiger partial charge in [-0.05, 0) is 65.7 Å². The van der Waals surface area contributed by atoms with Crippen LogP contribution in [0.1, 0.15) is 29.3 Å². The Bertz CT molecular complexity index is 1350. The fourth-order valence-electron chi connectivity index (χ4n) is 3.84. The molecule has 1 atom stereocenters.